The SMILES string of the molecule is C=C(N=C(SC)N(CCc1ccccc1)Cc1ccc(C(=O)OC)cn1)C1=CCC=CC=C1. The van der Waals surface area contributed by atoms with E-state index in [0.29, 0.717) is 12.1 Å². The number of esters is 1. The summed E-state index contributed by atoms with van der Waals surface area (Å²) in [4.78, 5) is 23.3. The molecule has 33 heavy (non-hydrogen) atoms. The Kier molecular flexibility index (Phi) is 9.27. The van der Waals surface area contributed by atoms with Crippen molar-refractivity contribution >= 4 is 22.9 Å². The van der Waals surface area contributed by atoms with Crippen LogP contribution in [0.1, 0.15) is 28.0 Å². The number of hydrogen-bond acceptors (Lipinski definition) is 5. The molecule has 0 radical (unpaired) electrons. The molecule has 0 saturated carbocycles. The third kappa shape index (κ3) is 7.32. The Morgan fingerprint density at radius 2 is 2.03 bits per heavy atom. The van der Waals surface area contributed by atoms with Crippen molar-refractivity contribution in [2.75, 3.05) is 19.9 Å². The third-order valence-corrected chi connectivity index (χ3v) is 5.84. The van der Waals surface area contributed by atoms with Gasteiger partial charge in [-0.25, -0.2) is 9.79 Å². The van der Waals surface area contributed by atoms with Gasteiger partial charge in [0.2, 0.25) is 0 Å². The van der Waals surface area contributed by atoms with Gasteiger partial charge in [-0.05, 0) is 42.4 Å². The predicted octanol–water partition coefficient (Wildman–Crippen LogP) is 5.59. The molecule has 6 heteroatoms. The molecule has 1 heterocycles. The second kappa shape index (κ2) is 12.6. The number of aliphatic imine (C=N–C) groups is 1. The fourth-order valence-electron chi connectivity index (χ4n) is 3.32. The van der Waals surface area contributed by atoms with Gasteiger partial charge < -0.3 is 9.64 Å². The lowest BCUT2D eigenvalue weighted by atomic mass is 10.1. The van der Waals surface area contributed by atoms with Crippen LogP contribution in [-0.4, -0.2) is 40.9 Å². The number of rotatable bonds is 8. The van der Waals surface area contributed by atoms with E-state index in [2.05, 4.69) is 52.9 Å². The Bertz CT molecular complexity index is 1070. The lowest BCUT2D eigenvalue weighted by Gasteiger charge is -2.25. The summed E-state index contributed by atoms with van der Waals surface area (Å²) < 4.78 is 4.77. The van der Waals surface area contributed by atoms with Crippen LogP contribution in [0.5, 0.6) is 0 Å². The van der Waals surface area contributed by atoms with Gasteiger partial charge in [0.1, 0.15) is 0 Å². The van der Waals surface area contributed by atoms with E-state index in [9.17, 15) is 4.79 Å². The van der Waals surface area contributed by atoms with Crippen LogP contribution in [0.25, 0.3) is 0 Å². The Morgan fingerprint density at radius 3 is 2.73 bits per heavy atom. The molecule has 5 nitrogen and oxygen atoms in total. The van der Waals surface area contributed by atoms with Crippen LogP contribution in [0.4, 0.5) is 0 Å². The van der Waals surface area contributed by atoms with Crippen LogP contribution in [-0.2, 0) is 17.7 Å². The van der Waals surface area contributed by atoms with Crippen molar-refractivity contribution in [1.82, 2.24) is 9.88 Å². The topological polar surface area (TPSA) is 54.8 Å². The molecule has 3 rings (SSSR count). The van der Waals surface area contributed by atoms with Crippen molar-refractivity contribution in [2.45, 2.75) is 19.4 Å². The summed E-state index contributed by atoms with van der Waals surface area (Å²) in [6, 6.07) is 14.0. The van der Waals surface area contributed by atoms with Gasteiger partial charge in [0, 0.05) is 12.7 Å². The van der Waals surface area contributed by atoms with Gasteiger partial charge in [-0.1, -0.05) is 79.1 Å². The maximum absolute atomic E-state index is 11.7. The number of benzene rings is 1. The van der Waals surface area contributed by atoms with Gasteiger partial charge in [0.25, 0.3) is 0 Å². The van der Waals surface area contributed by atoms with Gasteiger partial charge in [0.15, 0.2) is 5.17 Å². The molecule has 0 saturated heterocycles. The highest BCUT2D eigenvalue weighted by Crippen LogP contribution is 2.20. The number of ether oxygens (including phenoxy) is 1. The largest absolute Gasteiger partial charge is 0.465 e. The molecule has 170 valence electrons. The van der Waals surface area contributed by atoms with Crippen molar-refractivity contribution in [3.8, 4) is 0 Å². The summed E-state index contributed by atoms with van der Waals surface area (Å²) in [6.07, 6.45) is 15.6. The second-order valence-electron chi connectivity index (χ2n) is 7.41. The molecule has 0 atom stereocenters. The third-order valence-electron chi connectivity index (χ3n) is 5.13. The predicted molar refractivity (Wildman–Crippen MR) is 137 cm³/mol. The summed E-state index contributed by atoms with van der Waals surface area (Å²) in [5.41, 5.74) is 4.30. The summed E-state index contributed by atoms with van der Waals surface area (Å²) in [6.45, 7) is 5.55. The standard InChI is InChI=1S/C27H29N3O2S/c1-21(23-13-9-4-5-10-14-23)29-27(33-3)30(18-17-22-11-7-6-8-12-22)20-25-16-15-24(19-28-25)26(31)32-2/h4-9,11-16,19H,1,10,17-18,20H2,2-3H3. The van der Waals surface area contributed by atoms with Crippen LogP contribution >= 0.6 is 11.8 Å². The molecule has 2 aromatic rings. The first-order valence-electron chi connectivity index (χ1n) is 10.8. The zero-order valence-electron chi connectivity index (χ0n) is 19.1. The minimum absolute atomic E-state index is 0.392. The Balaban J connectivity index is 1.83. The number of amidine groups is 1. The zero-order chi connectivity index (χ0) is 23.5. The molecule has 0 spiro atoms. The molecule has 0 fully saturated rings. The smallest absolute Gasteiger partial charge is 0.339 e. The number of carbonyl (C=O) groups excluding carboxylic acids is 1. The Hall–Kier alpha value is -3.38. The first kappa shape index (κ1) is 24.3. The van der Waals surface area contributed by atoms with Gasteiger partial charge in [-0.15, -0.1) is 0 Å². The summed E-state index contributed by atoms with van der Waals surface area (Å²) in [5.74, 6) is -0.392. The zero-order valence-corrected chi connectivity index (χ0v) is 19.9. The summed E-state index contributed by atoms with van der Waals surface area (Å²) in [7, 11) is 1.37. The number of thioether (sulfide) groups is 1. The van der Waals surface area contributed by atoms with E-state index >= 15 is 0 Å². The number of nitrogens with zero attached hydrogens (tertiary/aromatic N) is 3. The quantitative estimate of drug-likeness (QED) is 0.293. The number of methoxy groups -OCH3 is 1. The average molecular weight is 460 g/mol. The fraction of sp³-hybridized carbons (Fsp3) is 0.222. The maximum atomic E-state index is 11.7. The van der Waals surface area contributed by atoms with Crippen LogP contribution < -0.4 is 0 Å². The van der Waals surface area contributed by atoms with E-state index < -0.39 is 5.97 Å². The number of allylic oxidation sites excluding steroid dienone is 5. The molecule has 0 N–H and O–H groups in total. The Labute approximate surface area is 200 Å². The number of pyridine rings is 1. The molecule has 0 aliphatic heterocycles. The van der Waals surface area contributed by atoms with Crippen molar-refractivity contribution < 1.29 is 9.53 Å². The summed E-state index contributed by atoms with van der Waals surface area (Å²) in [5, 5.41) is 0.876. The molecule has 1 aliphatic carbocycles. The van der Waals surface area contributed by atoms with Crippen LogP contribution in [0.2, 0.25) is 0 Å². The first-order chi connectivity index (χ1) is 16.1. The van der Waals surface area contributed by atoms with E-state index in [-0.39, 0.29) is 0 Å². The minimum Gasteiger partial charge on any atom is -0.465 e. The van der Waals surface area contributed by atoms with Crippen LogP contribution in [0.3, 0.4) is 0 Å². The number of hydrogen-bond donors (Lipinski definition) is 0. The first-order valence-corrected chi connectivity index (χ1v) is 12.0. The molecule has 1 aromatic heterocycles. The lowest BCUT2D eigenvalue weighted by Crippen LogP contribution is -2.31. The van der Waals surface area contributed by atoms with E-state index in [1.165, 1.54) is 12.7 Å². The molecular weight excluding hydrogens is 430 g/mol. The highest BCUT2D eigenvalue weighted by atomic mass is 32.2. The highest BCUT2D eigenvalue weighted by molar-refractivity contribution is 8.13. The van der Waals surface area contributed by atoms with Gasteiger partial charge in [0.05, 0.1) is 30.6 Å². The van der Waals surface area contributed by atoms with Crippen molar-refractivity contribution in [1.29, 1.82) is 0 Å². The second-order valence-corrected chi connectivity index (χ2v) is 8.19. The normalized spacial score (nSPS) is 13.3. The molecule has 1 aromatic carbocycles. The maximum Gasteiger partial charge on any atom is 0.339 e. The van der Waals surface area contributed by atoms with Gasteiger partial charge in [-0.3, -0.25) is 4.98 Å². The fourth-order valence-corrected chi connectivity index (χ4v) is 3.94. The molecule has 1 aliphatic rings. The lowest BCUT2D eigenvalue weighted by molar-refractivity contribution is 0.0600. The van der Waals surface area contributed by atoms with E-state index in [1.807, 2.05) is 36.6 Å². The number of aromatic nitrogens is 1. The van der Waals surface area contributed by atoms with E-state index in [1.54, 1.807) is 24.0 Å². The van der Waals surface area contributed by atoms with E-state index in [0.717, 1.165) is 41.5 Å². The molecular formula is C27H29N3O2S. The van der Waals surface area contributed by atoms with Gasteiger partial charge >= 0.3 is 5.97 Å². The van der Waals surface area contributed by atoms with Crippen molar-refractivity contribution in [3.63, 3.8) is 0 Å². The number of carbonyl (C=O) groups is 1. The monoisotopic (exact) mass is 459 g/mol. The van der Waals surface area contributed by atoms with Crippen molar-refractivity contribution in [3.05, 3.63) is 114 Å². The van der Waals surface area contributed by atoms with Crippen molar-refractivity contribution in [2.24, 2.45) is 4.99 Å². The minimum atomic E-state index is -0.392. The molecule has 0 amide bonds. The summed E-state index contributed by atoms with van der Waals surface area (Å²) >= 11 is 1.59. The van der Waals surface area contributed by atoms with Gasteiger partial charge in [-0.2, -0.15) is 0 Å². The van der Waals surface area contributed by atoms with Crippen LogP contribution in [0.15, 0.2) is 102 Å². The molecule has 0 unspecified atom stereocenters. The average Bonchev–Trinajstić information content (AvgIpc) is 3.15. The Morgan fingerprint density at radius 1 is 1.21 bits per heavy atom. The van der Waals surface area contributed by atoms with Crippen LogP contribution in [0, 0.1) is 0 Å². The highest BCUT2D eigenvalue weighted by Gasteiger charge is 2.15. The van der Waals surface area contributed by atoms with E-state index in [4.69, 9.17) is 9.73 Å². The molecule has 0 bridgehead atoms.